The van der Waals surface area contributed by atoms with Gasteiger partial charge in [-0.1, -0.05) is 23.9 Å². The van der Waals surface area contributed by atoms with Crippen molar-refractivity contribution in [1.29, 1.82) is 0 Å². The highest BCUT2D eigenvalue weighted by molar-refractivity contribution is 7.98. The molecule has 0 saturated carbocycles. The number of benzene rings is 1. The summed E-state index contributed by atoms with van der Waals surface area (Å²) in [6, 6.07) is 7.73. The number of rotatable bonds is 5. The first kappa shape index (κ1) is 20.8. The number of thioether (sulfide) groups is 1. The zero-order chi connectivity index (χ0) is 21.4. The molecule has 3 heterocycles. The number of fused-ring (bicyclic) bond motifs is 1. The number of hydrogen-bond donors (Lipinski definition) is 0. The third-order valence-corrected chi connectivity index (χ3v) is 7.62. The van der Waals surface area contributed by atoms with Crippen molar-refractivity contribution in [1.82, 2.24) is 14.5 Å². The van der Waals surface area contributed by atoms with Crippen molar-refractivity contribution in [3.05, 3.63) is 62.2 Å². The molecule has 0 spiro atoms. The summed E-state index contributed by atoms with van der Waals surface area (Å²) < 4.78 is 1.57. The molecule has 3 aromatic heterocycles. The zero-order valence-electron chi connectivity index (χ0n) is 17.0. The predicted molar refractivity (Wildman–Crippen MR) is 125 cm³/mol. The molecule has 0 aliphatic carbocycles. The number of carbonyl (C=O) groups excluding carboxylic acids is 1. The van der Waals surface area contributed by atoms with Crippen LogP contribution >= 0.6 is 34.4 Å². The number of aromatic nitrogens is 3. The molecule has 0 bridgehead atoms. The first-order valence-electron chi connectivity index (χ1n) is 9.25. The molecule has 154 valence electrons. The van der Waals surface area contributed by atoms with Crippen molar-refractivity contribution < 1.29 is 4.79 Å². The Morgan fingerprint density at radius 2 is 2.00 bits per heavy atom. The van der Waals surface area contributed by atoms with Crippen LogP contribution in [0.5, 0.6) is 0 Å². The van der Waals surface area contributed by atoms with Gasteiger partial charge >= 0.3 is 0 Å². The minimum absolute atomic E-state index is 0.0413. The molecule has 30 heavy (non-hydrogen) atoms. The third-order valence-electron chi connectivity index (χ3n) is 4.88. The molecule has 0 aliphatic rings. The molecular weight excluding hydrogens is 436 g/mol. The highest BCUT2D eigenvalue weighted by Gasteiger charge is 2.20. The van der Waals surface area contributed by atoms with Gasteiger partial charge in [-0.3, -0.25) is 19.1 Å². The molecule has 4 rings (SSSR count). The van der Waals surface area contributed by atoms with E-state index >= 15 is 0 Å². The highest BCUT2D eigenvalue weighted by atomic mass is 32.2. The van der Waals surface area contributed by atoms with E-state index in [-0.39, 0.29) is 11.5 Å². The summed E-state index contributed by atoms with van der Waals surface area (Å²) in [5.41, 5.74) is 3.84. The molecule has 0 saturated heterocycles. The number of hydrogen-bond acceptors (Lipinski definition) is 7. The summed E-state index contributed by atoms with van der Waals surface area (Å²) in [6.07, 6.45) is 0. The molecule has 0 unspecified atom stereocenters. The average Bonchev–Trinajstić information content (AvgIpc) is 3.36. The number of thiazole rings is 1. The molecule has 4 aromatic rings. The van der Waals surface area contributed by atoms with Crippen molar-refractivity contribution in [2.24, 2.45) is 7.05 Å². The fourth-order valence-electron chi connectivity index (χ4n) is 3.10. The van der Waals surface area contributed by atoms with Gasteiger partial charge in [0.15, 0.2) is 10.3 Å². The summed E-state index contributed by atoms with van der Waals surface area (Å²) in [4.78, 5) is 36.6. The summed E-state index contributed by atoms with van der Waals surface area (Å²) in [5.74, 6) is 0.483. The van der Waals surface area contributed by atoms with Crippen LogP contribution in [0.1, 0.15) is 23.7 Å². The van der Waals surface area contributed by atoms with E-state index in [1.54, 1.807) is 29.5 Å². The van der Waals surface area contributed by atoms with Crippen molar-refractivity contribution >= 4 is 61.4 Å². The van der Waals surface area contributed by atoms with Crippen LogP contribution in [0.3, 0.4) is 0 Å². The fourth-order valence-corrected chi connectivity index (χ4v) is 5.75. The van der Waals surface area contributed by atoms with Crippen molar-refractivity contribution in [2.75, 3.05) is 4.90 Å². The number of carbonyl (C=O) groups is 1. The lowest BCUT2D eigenvalue weighted by molar-refractivity contribution is -0.115. The van der Waals surface area contributed by atoms with E-state index in [0.717, 1.165) is 27.3 Å². The highest BCUT2D eigenvalue weighted by Crippen LogP contribution is 2.33. The third kappa shape index (κ3) is 3.80. The quantitative estimate of drug-likeness (QED) is 0.311. The normalized spacial score (nSPS) is 11.2. The minimum Gasteiger partial charge on any atom is -0.290 e. The number of anilines is 2. The van der Waals surface area contributed by atoms with Gasteiger partial charge in [-0.05, 0) is 42.5 Å². The molecule has 0 N–H and O–H groups in total. The number of amides is 1. The Morgan fingerprint density at radius 1 is 1.20 bits per heavy atom. The molecule has 0 atom stereocenters. The summed E-state index contributed by atoms with van der Waals surface area (Å²) in [6.45, 7) is 5.59. The Bertz CT molecular complexity index is 1310. The van der Waals surface area contributed by atoms with Crippen LogP contribution in [-0.2, 0) is 17.6 Å². The van der Waals surface area contributed by atoms with Gasteiger partial charge in [0.2, 0.25) is 5.91 Å². The largest absolute Gasteiger partial charge is 0.290 e. The minimum atomic E-state index is -0.0792. The fraction of sp³-hybridized carbons (Fsp3) is 0.238. The first-order valence-corrected chi connectivity index (χ1v) is 12.0. The lowest BCUT2D eigenvalue weighted by Gasteiger charge is -2.21. The van der Waals surface area contributed by atoms with Gasteiger partial charge in [-0.25, -0.2) is 9.97 Å². The Balaban J connectivity index is 1.59. The zero-order valence-corrected chi connectivity index (χ0v) is 19.5. The second-order valence-electron chi connectivity index (χ2n) is 6.88. The molecule has 0 radical (unpaired) electrons. The van der Waals surface area contributed by atoms with Crippen molar-refractivity contribution in [2.45, 2.75) is 31.7 Å². The van der Waals surface area contributed by atoms with Gasteiger partial charge in [-0.2, -0.15) is 0 Å². The summed E-state index contributed by atoms with van der Waals surface area (Å²) in [7, 11) is 1.74. The lowest BCUT2D eigenvalue weighted by Crippen LogP contribution is -2.23. The maximum absolute atomic E-state index is 12.5. The second kappa shape index (κ2) is 8.33. The number of aryl methyl sites for hydroxylation is 1. The van der Waals surface area contributed by atoms with E-state index < -0.39 is 0 Å². The van der Waals surface area contributed by atoms with Crippen molar-refractivity contribution in [3.8, 4) is 0 Å². The maximum atomic E-state index is 12.5. The van der Waals surface area contributed by atoms with Crippen LogP contribution in [0, 0.1) is 13.8 Å². The molecule has 1 amide bonds. The van der Waals surface area contributed by atoms with Gasteiger partial charge in [0.1, 0.15) is 4.83 Å². The Hall–Kier alpha value is -2.49. The molecule has 9 heteroatoms. The Labute approximate surface area is 186 Å². The second-order valence-corrected chi connectivity index (χ2v) is 9.56. The van der Waals surface area contributed by atoms with Crippen LogP contribution in [0.15, 0.2) is 45.0 Å². The Morgan fingerprint density at radius 3 is 2.77 bits per heavy atom. The molecule has 0 aliphatic heterocycles. The van der Waals surface area contributed by atoms with Crippen molar-refractivity contribution in [3.63, 3.8) is 0 Å². The van der Waals surface area contributed by atoms with Gasteiger partial charge in [-0.15, -0.1) is 22.7 Å². The first-order chi connectivity index (χ1) is 14.4. The molecule has 1 aromatic carbocycles. The van der Waals surface area contributed by atoms with Crippen LogP contribution in [0.2, 0.25) is 0 Å². The number of nitrogens with zero attached hydrogens (tertiary/aromatic N) is 4. The number of thiophene rings is 1. The van der Waals surface area contributed by atoms with E-state index in [9.17, 15) is 9.59 Å². The van der Waals surface area contributed by atoms with Crippen LogP contribution in [0.25, 0.3) is 10.2 Å². The van der Waals surface area contributed by atoms with E-state index in [0.29, 0.717) is 21.4 Å². The van der Waals surface area contributed by atoms with Gasteiger partial charge in [0, 0.05) is 25.1 Å². The lowest BCUT2D eigenvalue weighted by atomic mass is 10.1. The van der Waals surface area contributed by atoms with Gasteiger partial charge in [0.05, 0.1) is 16.8 Å². The van der Waals surface area contributed by atoms with Crippen LogP contribution < -0.4 is 10.5 Å². The van der Waals surface area contributed by atoms with E-state index in [1.165, 1.54) is 34.4 Å². The molecule has 6 nitrogen and oxygen atoms in total. The van der Waals surface area contributed by atoms with E-state index in [4.69, 9.17) is 0 Å². The van der Waals surface area contributed by atoms with Gasteiger partial charge in [0.25, 0.3) is 5.56 Å². The standard InChI is InChI=1S/C21H20N4O2S3/c1-12-6-5-7-17(13(12)2)25(14(3)26)21-22-15(11-30-21)10-29-20-23-18-16(8-9-28-18)19(27)24(20)4/h5-9,11H,10H2,1-4H3. The monoisotopic (exact) mass is 456 g/mol. The molecule has 0 fully saturated rings. The van der Waals surface area contributed by atoms with Crippen LogP contribution in [-0.4, -0.2) is 20.4 Å². The summed E-state index contributed by atoms with van der Waals surface area (Å²) >= 11 is 4.36. The average molecular weight is 457 g/mol. The maximum Gasteiger partial charge on any atom is 0.262 e. The van der Waals surface area contributed by atoms with Crippen LogP contribution in [0.4, 0.5) is 10.8 Å². The van der Waals surface area contributed by atoms with E-state index in [2.05, 4.69) is 9.97 Å². The molecular formula is C21H20N4O2S3. The smallest absolute Gasteiger partial charge is 0.262 e. The topological polar surface area (TPSA) is 68.1 Å². The van der Waals surface area contributed by atoms with Gasteiger partial charge < -0.3 is 0 Å². The Kier molecular flexibility index (Phi) is 5.77. The summed E-state index contributed by atoms with van der Waals surface area (Å²) in [5, 5.41) is 5.77. The van der Waals surface area contributed by atoms with E-state index in [1.807, 2.05) is 42.8 Å². The predicted octanol–water partition coefficient (Wildman–Crippen LogP) is 5.05. The SMILES string of the molecule is CC(=O)N(c1nc(CSc2nc3sccc3c(=O)n2C)cs1)c1cccc(C)c1C.